The summed E-state index contributed by atoms with van der Waals surface area (Å²) >= 11 is 0. The van der Waals surface area contributed by atoms with Gasteiger partial charge in [-0.25, -0.2) is 0 Å². The Morgan fingerprint density at radius 1 is 1.22 bits per heavy atom. The number of likely N-dealkylation sites (N-methyl/N-ethyl adjacent to an activating group) is 1. The molecule has 4 nitrogen and oxygen atoms in total. The predicted molar refractivity (Wildman–Crippen MR) is 111 cm³/mol. The lowest BCUT2D eigenvalue weighted by Crippen LogP contribution is -2.48. The molecule has 0 spiro atoms. The molecule has 27 heavy (non-hydrogen) atoms. The first kappa shape index (κ1) is 20.5. The molecular weight excluding hydrogens is 336 g/mol. The molecule has 150 valence electrons. The molecule has 3 aliphatic carbocycles. The number of rotatable bonds is 10. The molecule has 1 saturated carbocycles. The topological polar surface area (TPSA) is 44.7 Å². The number of aliphatic hydroxyl groups excluding tert-OH is 1. The van der Waals surface area contributed by atoms with E-state index in [1.807, 2.05) is 6.07 Å². The molecule has 3 aliphatic rings. The highest BCUT2D eigenvalue weighted by Crippen LogP contribution is 2.59. The minimum absolute atomic E-state index is 0.292. The smallest absolute Gasteiger partial charge is 0.0897 e. The molecule has 4 rings (SSSR count). The molecule has 1 fully saturated rings. The van der Waals surface area contributed by atoms with Crippen LogP contribution in [0.4, 0.5) is 0 Å². The van der Waals surface area contributed by atoms with Gasteiger partial charge in [0.2, 0.25) is 0 Å². The van der Waals surface area contributed by atoms with E-state index >= 15 is 0 Å². The van der Waals surface area contributed by atoms with Gasteiger partial charge in [0.1, 0.15) is 0 Å². The number of aliphatic hydroxyl groups is 1. The largest absolute Gasteiger partial charge is 0.389 e. The van der Waals surface area contributed by atoms with Crippen molar-refractivity contribution < 1.29 is 9.84 Å². The van der Waals surface area contributed by atoms with E-state index in [0.717, 1.165) is 12.5 Å². The number of benzene rings is 1. The number of fused-ring (bicyclic) bond motifs is 1. The van der Waals surface area contributed by atoms with Crippen LogP contribution in [0.1, 0.15) is 38.3 Å². The normalized spacial score (nSPS) is 25.6. The van der Waals surface area contributed by atoms with E-state index in [1.54, 1.807) is 0 Å². The van der Waals surface area contributed by atoms with Gasteiger partial charge in [-0.05, 0) is 55.3 Å². The summed E-state index contributed by atoms with van der Waals surface area (Å²) < 4.78 is 5.84. The molecule has 0 aromatic heterocycles. The summed E-state index contributed by atoms with van der Waals surface area (Å²) in [7, 11) is 4.17. The van der Waals surface area contributed by atoms with Crippen molar-refractivity contribution in [1.82, 2.24) is 10.2 Å². The third-order valence-electron chi connectivity index (χ3n) is 6.69. The maximum Gasteiger partial charge on any atom is 0.0897 e. The zero-order valence-corrected chi connectivity index (χ0v) is 17.3. The monoisotopic (exact) mass is 372 g/mol. The number of hydrogen-bond donors (Lipinski definition) is 2. The highest BCUT2D eigenvalue weighted by molar-refractivity contribution is 5.23. The molecule has 0 amide bonds. The number of ether oxygens (including phenoxy) is 1. The van der Waals surface area contributed by atoms with Gasteiger partial charge in [-0.2, -0.15) is 0 Å². The van der Waals surface area contributed by atoms with Crippen molar-refractivity contribution in [2.24, 2.45) is 17.3 Å². The molecule has 2 N–H and O–H groups in total. The van der Waals surface area contributed by atoms with Gasteiger partial charge in [-0.1, -0.05) is 50.3 Å². The summed E-state index contributed by atoms with van der Waals surface area (Å²) in [6.07, 6.45) is 4.40. The average Bonchev–Trinajstić information content (AvgIpc) is 2.65. The Kier molecular flexibility index (Phi) is 6.74. The fourth-order valence-electron chi connectivity index (χ4n) is 4.67. The molecular formula is C23H36N2O2. The molecule has 0 aliphatic heterocycles. The van der Waals surface area contributed by atoms with E-state index in [9.17, 15) is 5.11 Å². The van der Waals surface area contributed by atoms with E-state index in [4.69, 9.17) is 4.74 Å². The Morgan fingerprint density at radius 3 is 2.59 bits per heavy atom. The Hall–Kier alpha value is -1.20. The summed E-state index contributed by atoms with van der Waals surface area (Å²) in [6, 6.07) is 10.8. The molecule has 4 atom stereocenters. The summed E-state index contributed by atoms with van der Waals surface area (Å²) in [5.41, 5.74) is 3.16. The van der Waals surface area contributed by atoms with E-state index < -0.39 is 6.10 Å². The van der Waals surface area contributed by atoms with Gasteiger partial charge < -0.3 is 20.1 Å². The van der Waals surface area contributed by atoms with E-state index in [2.05, 4.69) is 68.5 Å². The van der Waals surface area contributed by atoms with E-state index in [1.165, 1.54) is 24.0 Å². The summed E-state index contributed by atoms with van der Waals surface area (Å²) in [6.45, 7) is 7.17. The zero-order valence-electron chi connectivity index (χ0n) is 17.3. The third kappa shape index (κ3) is 4.80. The van der Waals surface area contributed by atoms with Gasteiger partial charge in [0.25, 0.3) is 0 Å². The van der Waals surface area contributed by atoms with Crippen LogP contribution in [0.25, 0.3) is 0 Å². The molecule has 2 bridgehead atoms. The van der Waals surface area contributed by atoms with Crippen LogP contribution in [-0.2, 0) is 4.74 Å². The van der Waals surface area contributed by atoms with Gasteiger partial charge >= 0.3 is 0 Å². The number of nitrogens with one attached hydrogen (secondary N) is 1. The standard InChI is InChI=1S/C23H36N2O2/c1-23(2)19-11-10-18(21(23)12-19)15-27-16-20(26)13-24-14-22(25(3)4)17-8-6-5-7-9-17/h5-10,19-22,24,26H,11-16H2,1-4H3/t19-,20-,21+,22-/m0/s1. The van der Waals surface area contributed by atoms with Crippen LogP contribution in [0.15, 0.2) is 42.0 Å². The van der Waals surface area contributed by atoms with Crippen LogP contribution in [-0.4, -0.2) is 56.5 Å². The molecule has 0 radical (unpaired) electrons. The minimum Gasteiger partial charge on any atom is -0.389 e. The maximum absolute atomic E-state index is 10.3. The summed E-state index contributed by atoms with van der Waals surface area (Å²) in [5, 5.41) is 13.7. The Morgan fingerprint density at radius 2 is 1.96 bits per heavy atom. The van der Waals surface area contributed by atoms with E-state index in [0.29, 0.717) is 37.1 Å². The molecule has 0 heterocycles. The molecule has 1 aromatic rings. The van der Waals surface area contributed by atoms with Gasteiger partial charge in [0, 0.05) is 19.1 Å². The lowest BCUT2D eigenvalue weighted by atomic mass is 9.49. The van der Waals surface area contributed by atoms with Crippen LogP contribution in [0.5, 0.6) is 0 Å². The fraction of sp³-hybridized carbons (Fsp3) is 0.652. The maximum atomic E-state index is 10.3. The first-order chi connectivity index (χ1) is 12.9. The van der Waals surface area contributed by atoms with Crippen molar-refractivity contribution in [2.45, 2.75) is 38.8 Å². The Balaban J connectivity index is 1.36. The SMILES string of the molecule is CN(C)[C@@H](CNC[C@H](O)COCC1=CC[C@H]2C[C@H]1C2(C)C)c1ccccc1. The molecule has 4 heteroatoms. The Bertz CT molecular complexity index is 627. The van der Waals surface area contributed by atoms with Gasteiger partial charge in [-0.3, -0.25) is 0 Å². The first-order valence-electron chi connectivity index (χ1n) is 10.3. The van der Waals surface area contributed by atoms with Crippen molar-refractivity contribution in [3.63, 3.8) is 0 Å². The number of nitrogens with zero attached hydrogens (tertiary/aromatic N) is 1. The van der Waals surface area contributed by atoms with Crippen LogP contribution >= 0.6 is 0 Å². The van der Waals surface area contributed by atoms with Gasteiger partial charge in [0.05, 0.1) is 19.3 Å². The van der Waals surface area contributed by atoms with Crippen molar-refractivity contribution in [3.05, 3.63) is 47.5 Å². The first-order valence-corrected chi connectivity index (χ1v) is 10.3. The van der Waals surface area contributed by atoms with Crippen molar-refractivity contribution in [2.75, 3.05) is 40.4 Å². The van der Waals surface area contributed by atoms with Crippen molar-refractivity contribution in [1.29, 1.82) is 0 Å². The second-order valence-corrected chi connectivity index (χ2v) is 9.04. The lowest BCUT2D eigenvalue weighted by Gasteiger charge is -2.56. The second-order valence-electron chi connectivity index (χ2n) is 9.04. The number of allylic oxidation sites excluding steroid dienone is 1. The average molecular weight is 373 g/mol. The summed E-state index contributed by atoms with van der Waals surface area (Å²) in [5.74, 6) is 1.54. The van der Waals surface area contributed by atoms with Crippen LogP contribution in [0.2, 0.25) is 0 Å². The van der Waals surface area contributed by atoms with Crippen molar-refractivity contribution >= 4 is 0 Å². The molecule has 0 unspecified atom stereocenters. The predicted octanol–water partition coefficient (Wildman–Crippen LogP) is 3.25. The summed E-state index contributed by atoms with van der Waals surface area (Å²) in [4.78, 5) is 2.20. The van der Waals surface area contributed by atoms with Gasteiger partial charge in [-0.15, -0.1) is 0 Å². The van der Waals surface area contributed by atoms with Crippen molar-refractivity contribution in [3.8, 4) is 0 Å². The van der Waals surface area contributed by atoms with Crippen LogP contribution in [0, 0.1) is 17.3 Å². The molecule has 0 saturated heterocycles. The number of hydrogen-bond acceptors (Lipinski definition) is 4. The highest BCUT2D eigenvalue weighted by Gasteiger charge is 2.50. The Labute approximate surface area is 164 Å². The third-order valence-corrected chi connectivity index (χ3v) is 6.69. The fourth-order valence-corrected chi connectivity index (χ4v) is 4.67. The molecule has 1 aromatic carbocycles. The zero-order chi connectivity index (χ0) is 19.4. The van der Waals surface area contributed by atoms with Crippen LogP contribution in [0.3, 0.4) is 0 Å². The highest BCUT2D eigenvalue weighted by atomic mass is 16.5. The van der Waals surface area contributed by atoms with E-state index in [-0.39, 0.29) is 0 Å². The van der Waals surface area contributed by atoms with Gasteiger partial charge in [0.15, 0.2) is 0 Å². The van der Waals surface area contributed by atoms with Crippen LogP contribution < -0.4 is 5.32 Å². The lowest BCUT2D eigenvalue weighted by molar-refractivity contribution is -0.0235. The minimum atomic E-state index is -0.477. The quantitative estimate of drug-likeness (QED) is 0.619. The second kappa shape index (κ2) is 8.87.